The second-order valence-corrected chi connectivity index (χ2v) is 7.31. The maximum absolute atomic E-state index is 12.2. The Bertz CT molecular complexity index is 944. The second kappa shape index (κ2) is 7.35. The molecule has 0 amide bonds. The van der Waals surface area contributed by atoms with Gasteiger partial charge < -0.3 is 10.0 Å². The molecule has 5 nitrogen and oxygen atoms in total. The van der Waals surface area contributed by atoms with Crippen LogP contribution < -0.4 is 4.90 Å². The van der Waals surface area contributed by atoms with Gasteiger partial charge in [-0.05, 0) is 43.4 Å². The summed E-state index contributed by atoms with van der Waals surface area (Å²) in [4.78, 5) is 23.5. The number of rotatable bonds is 5. The van der Waals surface area contributed by atoms with Crippen molar-refractivity contribution in [3.05, 3.63) is 66.4 Å². The Labute approximate surface area is 158 Å². The normalized spacial score (nSPS) is 19.9. The predicted molar refractivity (Wildman–Crippen MR) is 106 cm³/mol. The van der Waals surface area contributed by atoms with Crippen molar-refractivity contribution in [2.45, 2.75) is 25.7 Å². The molecule has 1 fully saturated rings. The van der Waals surface area contributed by atoms with Crippen LogP contribution in [0.3, 0.4) is 0 Å². The third-order valence-corrected chi connectivity index (χ3v) is 5.53. The number of hydrogen-bond donors (Lipinski definition) is 1. The van der Waals surface area contributed by atoms with Crippen molar-refractivity contribution >= 4 is 22.8 Å². The zero-order valence-corrected chi connectivity index (χ0v) is 15.2. The summed E-state index contributed by atoms with van der Waals surface area (Å²) in [7, 11) is 0. The monoisotopic (exact) mass is 361 g/mol. The molecule has 138 valence electrons. The van der Waals surface area contributed by atoms with E-state index < -0.39 is 11.4 Å². The lowest BCUT2D eigenvalue weighted by Gasteiger charge is -2.40. The van der Waals surface area contributed by atoms with Gasteiger partial charge in [0.2, 0.25) is 0 Å². The third kappa shape index (κ3) is 3.63. The fraction of sp³-hybridized carbons (Fsp3) is 0.318. The van der Waals surface area contributed by atoms with E-state index in [9.17, 15) is 9.90 Å². The van der Waals surface area contributed by atoms with E-state index in [-0.39, 0.29) is 0 Å². The summed E-state index contributed by atoms with van der Waals surface area (Å²) >= 11 is 0. The van der Waals surface area contributed by atoms with E-state index in [1.165, 1.54) is 5.56 Å². The number of anilines is 1. The van der Waals surface area contributed by atoms with Gasteiger partial charge in [0.15, 0.2) is 0 Å². The minimum atomic E-state index is -0.749. The molecule has 1 unspecified atom stereocenters. The van der Waals surface area contributed by atoms with E-state index >= 15 is 0 Å². The van der Waals surface area contributed by atoms with Crippen molar-refractivity contribution in [1.82, 2.24) is 9.97 Å². The van der Waals surface area contributed by atoms with Crippen LogP contribution in [0.5, 0.6) is 0 Å². The first-order chi connectivity index (χ1) is 13.2. The second-order valence-electron chi connectivity index (χ2n) is 7.31. The molecule has 1 aliphatic heterocycles. The van der Waals surface area contributed by atoms with E-state index in [1.807, 2.05) is 42.5 Å². The summed E-state index contributed by atoms with van der Waals surface area (Å²) in [5.74, 6) is 0.0515. The Kier molecular flexibility index (Phi) is 4.75. The average Bonchev–Trinajstić information content (AvgIpc) is 2.73. The topological polar surface area (TPSA) is 66.3 Å². The van der Waals surface area contributed by atoms with Gasteiger partial charge in [0.05, 0.1) is 22.6 Å². The molecular weight excluding hydrogens is 338 g/mol. The van der Waals surface area contributed by atoms with Crippen LogP contribution >= 0.6 is 0 Å². The Hall–Kier alpha value is -2.95. The van der Waals surface area contributed by atoms with Crippen LogP contribution in [0, 0.1) is 5.41 Å². The Morgan fingerprint density at radius 1 is 1.07 bits per heavy atom. The van der Waals surface area contributed by atoms with Crippen LogP contribution in [0.15, 0.2) is 60.8 Å². The SMILES string of the molecule is O=C(O)C1(CCc2ccccc2)CCCN(c2cnc3ccccc3n2)C1. The van der Waals surface area contributed by atoms with E-state index in [1.54, 1.807) is 6.20 Å². The van der Waals surface area contributed by atoms with E-state index in [0.29, 0.717) is 19.4 Å². The average molecular weight is 361 g/mol. The molecule has 2 heterocycles. The lowest BCUT2D eigenvalue weighted by molar-refractivity contribution is -0.150. The minimum absolute atomic E-state index is 0.474. The maximum Gasteiger partial charge on any atom is 0.311 e. The van der Waals surface area contributed by atoms with Gasteiger partial charge in [0, 0.05) is 13.1 Å². The first-order valence-electron chi connectivity index (χ1n) is 9.40. The quantitative estimate of drug-likeness (QED) is 0.746. The van der Waals surface area contributed by atoms with E-state index in [0.717, 1.165) is 36.2 Å². The van der Waals surface area contributed by atoms with E-state index in [2.05, 4.69) is 22.0 Å². The molecule has 3 aromatic rings. The van der Waals surface area contributed by atoms with Crippen LogP contribution in [0.25, 0.3) is 11.0 Å². The number of fused-ring (bicyclic) bond motifs is 1. The number of aliphatic carboxylic acids is 1. The van der Waals surface area contributed by atoms with E-state index in [4.69, 9.17) is 4.98 Å². The minimum Gasteiger partial charge on any atom is -0.481 e. The lowest BCUT2D eigenvalue weighted by atomic mass is 9.75. The number of hydrogen-bond acceptors (Lipinski definition) is 4. The number of piperidine rings is 1. The molecule has 2 aromatic carbocycles. The predicted octanol–water partition coefficient (Wildman–Crippen LogP) is 3.93. The number of benzene rings is 2. The van der Waals surface area contributed by atoms with Crippen molar-refractivity contribution in [3.63, 3.8) is 0 Å². The maximum atomic E-state index is 12.2. The molecule has 5 heteroatoms. The summed E-state index contributed by atoms with van der Waals surface area (Å²) in [6.45, 7) is 1.29. The molecule has 0 spiro atoms. The summed E-state index contributed by atoms with van der Waals surface area (Å²) in [6.07, 6.45) is 4.70. The van der Waals surface area contributed by atoms with Crippen LogP contribution in [0.4, 0.5) is 5.82 Å². The molecule has 1 aromatic heterocycles. The van der Waals surface area contributed by atoms with Gasteiger partial charge in [-0.3, -0.25) is 9.78 Å². The van der Waals surface area contributed by atoms with Crippen LogP contribution in [0.2, 0.25) is 0 Å². The Morgan fingerprint density at radius 3 is 2.59 bits per heavy atom. The van der Waals surface area contributed by atoms with Crippen LogP contribution in [-0.2, 0) is 11.2 Å². The third-order valence-electron chi connectivity index (χ3n) is 5.53. The number of aryl methyl sites for hydroxylation is 1. The van der Waals surface area contributed by atoms with Crippen LogP contribution in [-0.4, -0.2) is 34.1 Å². The number of nitrogens with zero attached hydrogens (tertiary/aromatic N) is 3. The molecule has 0 aliphatic carbocycles. The van der Waals surface area contributed by atoms with Gasteiger partial charge >= 0.3 is 5.97 Å². The molecule has 1 saturated heterocycles. The fourth-order valence-electron chi connectivity index (χ4n) is 3.94. The number of aromatic nitrogens is 2. The Balaban J connectivity index is 1.57. The molecule has 1 N–H and O–H groups in total. The summed E-state index contributed by atoms with van der Waals surface area (Å²) in [6, 6.07) is 17.9. The van der Waals surface area contributed by atoms with Crippen molar-refractivity contribution < 1.29 is 9.90 Å². The van der Waals surface area contributed by atoms with Crippen LogP contribution in [0.1, 0.15) is 24.8 Å². The number of carboxylic acids is 1. The fourth-order valence-corrected chi connectivity index (χ4v) is 3.94. The zero-order valence-electron chi connectivity index (χ0n) is 15.2. The summed E-state index contributed by atoms with van der Waals surface area (Å²) in [5, 5.41) is 10.0. The van der Waals surface area contributed by atoms with Crippen molar-refractivity contribution in [2.24, 2.45) is 5.41 Å². The van der Waals surface area contributed by atoms with Crippen molar-refractivity contribution in [2.75, 3.05) is 18.0 Å². The number of carboxylic acid groups (broad SMARTS) is 1. The highest BCUT2D eigenvalue weighted by Crippen LogP contribution is 2.36. The van der Waals surface area contributed by atoms with Crippen molar-refractivity contribution in [1.29, 1.82) is 0 Å². The highest BCUT2D eigenvalue weighted by Gasteiger charge is 2.42. The molecule has 27 heavy (non-hydrogen) atoms. The van der Waals surface area contributed by atoms with Gasteiger partial charge in [0.1, 0.15) is 5.82 Å². The first kappa shape index (κ1) is 17.5. The summed E-state index contributed by atoms with van der Waals surface area (Å²) < 4.78 is 0. The molecule has 1 aliphatic rings. The molecule has 0 radical (unpaired) electrons. The lowest BCUT2D eigenvalue weighted by Crippen LogP contribution is -2.48. The molecule has 0 saturated carbocycles. The number of carbonyl (C=O) groups is 1. The van der Waals surface area contributed by atoms with Gasteiger partial charge in [-0.1, -0.05) is 42.5 Å². The smallest absolute Gasteiger partial charge is 0.311 e. The molecular formula is C22H23N3O2. The van der Waals surface area contributed by atoms with Gasteiger partial charge in [-0.25, -0.2) is 4.98 Å². The highest BCUT2D eigenvalue weighted by molar-refractivity contribution is 5.77. The molecule has 1 atom stereocenters. The molecule has 0 bridgehead atoms. The standard InChI is InChI=1S/C22H23N3O2/c26-21(27)22(13-11-17-7-2-1-3-8-17)12-6-14-25(16-22)20-15-23-18-9-4-5-10-19(18)24-20/h1-5,7-10,15H,6,11-14,16H2,(H,26,27). The van der Waals surface area contributed by atoms with Gasteiger partial charge in [-0.15, -0.1) is 0 Å². The summed E-state index contributed by atoms with van der Waals surface area (Å²) in [5.41, 5.74) is 2.12. The Morgan fingerprint density at radius 2 is 1.81 bits per heavy atom. The highest BCUT2D eigenvalue weighted by atomic mass is 16.4. The first-order valence-corrected chi connectivity index (χ1v) is 9.40. The van der Waals surface area contributed by atoms with Crippen molar-refractivity contribution in [3.8, 4) is 0 Å². The number of para-hydroxylation sites is 2. The zero-order chi connectivity index (χ0) is 18.7. The van der Waals surface area contributed by atoms with Gasteiger partial charge in [0.25, 0.3) is 0 Å². The van der Waals surface area contributed by atoms with Gasteiger partial charge in [-0.2, -0.15) is 0 Å². The molecule has 4 rings (SSSR count). The largest absolute Gasteiger partial charge is 0.481 e.